The zero-order chi connectivity index (χ0) is 20.9. The number of hydrogen-bond donors (Lipinski definition) is 1. The van der Waals surface area contributed by atoms with Gasteiger partial charge in [-0.1, -0.05) is 5.16 Å². The van der Waals surface area contributed by atoms with E-state index in [1.165, 1.54) is 0 Å². The number of methoxy groups -OCH3 is 2. The number of rotatable bonds is 7. The van der Waals surface area contributed by atoms with Crippen LogP contribution in [0.15, 0.2) is 40.9 Å². The number of nitrogens with zero attached hydrogens (tertiary/aromatic N) is 2. The van der Waals surface area contributed by atoms with Crippen molar-refractivity contribution in [2.75, 3.05) is 32.8 Å². The molecule has 0 unspecified atom stereocenters. The smallest absolute Gasteiger partial charge is 0.227 e. The highest BCUT2D eigenvalue weighted by atomic mass is 16.6. The van der Waals surface area contributed by atoms with Crippen LogP contribution in [0.4, 0.5) is 5.69 Å². The van der Waals surface area contributed by atoms with Crippen LogP contribution in [0.2, 0.25) is 0 Å². The predicted octanol–water partition coefficient (Wildman–Crippen LogP) is 3.10. The van der Waals surface area contributed by atoms with Gasteiger partial charge >= 0.3 is 0 Å². The van der Waals surface area contributed by atoms with Gasteiger partial charge in [0.25, 0.3) is 0 Å². The Labute approximate surface area is 172 Å². The van der Waals surface area contributed by atoms with Crippen LogP contribution in [0.25, 0.3) is 11.4 Å². The Morgan fingerprint density at radius 2 is 1.83 bits per heavy atom. The number of amides is 1. The molecule has 0 aliphatic carbocycles. The molecule has 2 aromatic carbocycles. The molecule has 1 N–H and O–H groups in total. The number of carbonyl (C=O) groups is 1. The summed E-state index contributed by atoms with van der Waals surface area (Å²) in [6.07, 6.45) is 0.513. The van der Waals surface area contributed by atoms with E-state index in [-0.39, 0.29) is 12.3 Å². The molecule has 1 aromatic heterocycles. The molecule has 156 valence electrons. The molecule has 1 aliphatic rings. The van der Waals surface area contributed by atoms with Gasteiger partial charge in [-0.25, -0.2) is 0 Å². The van der Waals surface area contributed by atoms with Gasteiger partial charge in [0.1, 0.15) is 13.2 Å². The topological polar surface area (TPSA) is 105 Å². The summed E-state index contributed by atoms with van der Waals surface area (Å²) in [6.45, 7) is 1.01. The largest absolute Gasteiger partial charge is 0.493 e. The normalized spacial score (nSPS) is 12.3. The number of anilines is 1. The second-order valence-electron chi connectivity index (χ2n) is 6.49. The molecule has 0 fully saturated rings. The molecule has 0 saturated heterocycles. The lowest BCUT2D eigenvalue weighted by Crippen LogP contribution is -2.16. The Bertz CT molecular complexity index is 1050. The van der Waals surface area contributed by atoms with Crippen LogP contribution < -0.4 is 24.3 Å². The maximum atomic E-state index is 12.3. The molecule has 2 heterocycles. The maximum absolute atomic E-state index is 12.3. The lowest BCUT2D eigenvalue weighted by molar-refractivity contribution is -0.116. The van der Waals surface area contributed by atoms with Crippen LogP contribution in [-0.2, 0) is 11.2 Å². The molecule has 1 aliphatic heterocycles. The van der Waals surface area contributed by atoms with Crippen molar-refractivity contribution >= 4 is 11.6 Å². The van der Waals surface area contributed by atoms with Crippen molar-refractivity contribution in [1.82, 2.24) is 10.1 Å². The summed E-state index contributed by atoms with van der Waals surface area (Å²) < 4.78 is 26.8. The zero-order valence-corrected chi connectivity index (χ0v) is 16.6. The van der Waals surface area contributed by atoms with Crippen molar-refractivity contribution in [2.24, 2.45) is 0 Å². The summed E-state index contributed by atoms with van der Waals surface area (Å²) in [5.41, 5.74) is 1.36. The molecule has 9 nitrogen and oxygen atoms in total. The highest BCUT2D eigenvalue weighted by molar-refractivity contribution is 5.91. The van der Waals surface area contributed by atoms with Crippen LogP contribution in [0.1, 0.15) is 12.3 Å². The summed E-state index contributed by atoms with van der Waals surface area (Å²) in [7, 11) is 3.13. The lowest BCUT2D eigenvalue weighted by atomic mass is 10.2. The first kappa shape index (κ1) is 19.6. The summed E-state index contributed by atoms with van der Waals surface area (Å²) in [5.74, 6) is 3.09. The van der Waals surface area contributed by atoms with E-state index in [4.69, 9.17) is 23.5 Å². The number of aryl methyl sites for hydroxylation is 1. The summed E-state index contributed by atoms with van der Waals surface area (Å²) in [4.78, 5) is 16.6. The van der Waals surface area contributed by atoms with Crippen LogP contribution >= 0.6 is 0 Å². The third-order valence-corrected chi connectivity index (χ3v) is 4.50. The Balaban J connectivity index is 1.36. The molecule has 3 aromatic rings. The van der Waals surface area contributed by atoms with E-state index in [1.54, 1.807) is 44.6 Å². The van der Waals surface area contributed by atoms with Gasteiger partial charge in [-0.3, -0.25) is 4.79 Å². The predicted molar refractivity (Wildman–Crippen MR) is 107 cm³/mol. The average Bonchev–Trinajstić information content (AvgIpc) is 3.26. The highest BCUT2D eigenvalue weighted by Gasteiger charge is 2.15. The molecule has 30 heavy (non-hydrogen) atoms. The molecule has 4 rings (SSSR count). The van der Waals surface area contributed by atoms with Crippen molar-refractivity contribution in [2.45, 2.75) is 12.8 Å². The number of carbonyl (C=O) groups excluding carboxylic acids is 1. The molecule has 0 bridgehead atoms. The standard InChI is InChI=1S/C21H21N3O6/c1-26-15-5-3-13(11-17(15)27-2)21-23-20(30-24-21)8-7-19(25)22-14-4-6-16-18(12-14)29-10-9-28-16/h3-6,11-12H,7-10H2,1-2H3,(H,22,25). The van der Waals surface area contributed by atoms with E-state index in [0.717, 1.165) is 5.56 Å². The minimum absolute atomic E-state index is 0.169. The second-order valence-corrected chi connectivity index (χ2v) is 6.49. The third kappa shape index (κ3) is 4.29. The fourth-order valence-corrected chi connectivity index (χ4v) is 3.01. The molecule has 0 spiro atoms. The number of nitrogens with one attached hydrogen (secondary N) is 1. The van der Waals surface area contributed by atoms with Crippen LogP contribution in [0, 0.1) is 0 Å². The molecule has 0 saturated carbocycles. The quantitative estimate of drug-likeness (QED) is 0.632. The molecular weight excluding hydrogens is 390 g/mol. The number of hydrogen-bond acceptors (Lipinski definition) is 8. The molecule has 0 atom stereocenters. The van der Waals surface area contributed by atoms with Gasteiger partial charge in [-0.05, 0) is 30.3 Å². The van der Waals surface area contributed by atoms with Crippen molar-refractivity contribution in [3.63, 3.8) is 0 Å². The minimum Gasteiger partial charge on any atom is -0.493 e. The Kier molecular flexibility index (Phi) is 5.69. The Hall–Kier alpha value is -3.75. The Morgan fingerprint density at radius 1 is 1.03 bits per heavy atom. The fourth-order valence-electron chi connectivity index (χ4n) is 3.01. The fraction of sp³-hybridized carbons (Fsp3) is 0.286. The van der Waals surface area contributed by atoms with Gasteiger partial charge in [-0.15, -0.1) is 0 Å². The van der Waals surface area contributed by atoms with Gasteiger partial charge in [0.2, 0.25) is 17.6 Å². The summed E-state index contributed by atoms with van der Waals surface area (Å²) in [5, 5.41) is 6.82. The van der Waals surface area contributed by atoms with Crippen LogP contribution in [0.3, 0.4) is 0 Å². The molecule has 0 radical (unpaired) electrons. The van der Waals surface area contributed by atoms with E-state index >= 15 is 0 Å². The first-order valence-corrected chi connectivity index (χ1v) is 9.41. The number of fused-ring (bicyclic) bond motifs is 1. The summed E-state index contributed by atoms with van der Waals surface area (Å²) in [6, 6.07) is 10.6. The van der Waals surface area contributed by atoms with Gasteiger partial charge in [-0.2, -0.15) is 4.98 Å². The first-order chi connectivity index (χ1) is 14.7. The van der Waals surface area contributed by atoms with Crippen molar-refractivity contribution in [3.05, 3.63) is 42.3 Å². The number of ether oxygens (including phenoxy) is 4. The van der Waals surface area contributed by atoms with E-state index in [1.807, 2.05) is 6.07 Å². The average molecular weight is 411 g/mol. The first-order valence-electron chi connectivity index (χ1n) is 9.41. The molecular formula is C21H21N3O6. The van der Waals surface area contributed by atoms with Crippen molar-refractivity contribution in [3.8, 4) is 34.4 Å². The number of benzene rings is 2. The monoisotopic (exact) mass is 411 g/mol. The maximum Gasteiger partial charge on any atom is 0.227 e. The molecule has 9 heteroatoms. The van der Waals surface area contributed by atoms with Crippen molar-refractivity contribution < 1.29 is 28.3 Å². The third-order valence-electron chi connectivity index (χ3n) is 4.50. The van der Waals surface area contributed by atoms with E-state index in [2.05, 4.69) is 15.5 Å². The van der Waals surface area contributed by atoms with Crippen LogP contribution in [-0.4, -0.2) is 43.5 Å². The Morgan fingerprint density at radius 3 is 2.63 bits per heavy atom. The number of aromatic nitrogens is 2. The minimum atomic E-state index is -0.169. The lowest BCUT2D eigenvalue weighted by Gasteiger charge is -2.18. The van der Waals surface area contributed by atoms with E-state index < -0.39 is 0 Å². The molecule has 1 amide bonds. The van der Waals surface area contributed by atoms with Crippen molar-refractivity contribution in [1.29, 1.82) is 0 Å². The van der Waals surface area contributed by atoms with Crippen LogP contribution in [0.5, 0.6) is 23.0 Å². The SMILES string of the molecule is COc1ccc(-c2noc(CCC(=O)Nc3ccc4c(c3)OCCO4)n2)cc1OC. The second kappa shape index (κ2) is 8.73. The van der Waals surface area contributed by atoms with Gasteiger partial charge in [0.05, 0.1) is 14.2 Å². The summed E-state index contributed by atoms with van der Waals surface area (Å²) >= 11 is 0. The van der Waals surface area contributed by atoms with E-state index in [0.29, 0.717) is 60.0 Å². The van der Waals surface area contributed by atoms with Gasteiger partial charge in [0, 0.05) is 30.2 Å². The van der Waals surface area contributed by atoms with Gasteiger partial charge in [0.15, 0.2) is 23.0 Å². The van der Waals surface area contributed by atoms with Gasteiger partial charge < -0.3 is 28.8 Å². The highest BCUT2D eigenvalue weighted by Crippen LogP contribution is 2.33. The van der Waals surface area contributed by atoms with E-state index in [9.17, 15) is 4.79 Å². The zero-order valence-electron chi connectivity index (χ0n) is 16.6.